The Morgan fingerprint density at radius 3 is 2.85 bits per heavy atom. The van der Waals surface area contributed by atoms with Gasteiger partial charge in [0.25, 0.3) is 0 Å². The van der Waals surface area contributed by atoms with E-state index in [0.29, 0.717) is 0 Å². The molecule has 0 aromatic carbocycles. The van der Waals surface area contributed by atoms with Gasteiger partial charge in [-0.15, -0.1) is 11.3 Å². The zero-order valence-electron chi connectivity index (χ0n) is 8.63. The van der Waals surface area contributed by atoms with Crippen molar-refractivity contribution in [1.82, 2.24) is 10.3 Å². The van der Waals surface area contributed by atoms with Crippen LogP contribution < -0.4 is 5.32 Å². The first-order valence-electron chi connectivity index (χ1n) is 4.86. The molecule has 0 radical (unpaired) electrons. The van der Waals surface area contributed by atoms with Gasteiger partial charge >= 0.3 is 0 Å². The molecule has 1 N–H and O–H groups in total. The number of thiazole rings is 1. The number of aryl methyl sites for hydroxylation is 1. The van der Waals surface area contributed by atoms with Crippen LogP contribution in [0.5, 0.6) is 0 Å². The molecule has 13 heavy (non-hydrogen) atoms. The van der Waals surface area contributed by atoms with E-state index in [4.69, 9.17) is 0 Å². The van der Waals surface area contributed by atoms with E-state index in [1.807, 2.05) is 17.5 Å². The quantitative estimate of drug-likeness (QED) is 0.786. The second kappa shape index (κ2) is 5.35. The van der Waals surface area contributed by atoms with Crippen molar-refractivity contribution < 1.29 is 0 Å². The zero-order valence-corrected chi connectivity index (χ0v) is 9.45. The van der Waals surface area contributed by atoms with E-state index in [-0.39, 0.29) is 0 Å². The highest BCUT2D eigenvalue weighted by Gasteiger charge is 1.99. The van der Waals surface area contributed by atoms with Gasteiger partial charge < -0.3 is 5.32 Å². The highest BCUT2D eigenvalue weighted by molar-refractivity contribution is 7.11. The van der Waals surface area contributed by atoms with Gasteiger partial charge in [-0.05, 0) is 18.9 Å². The summed E-state index contributed by atoms with van der Waals surface area (Å²) in [4.78, 5) is 5.66. The standard InChI is InChI=1S/C10H18N2S/c1-4-10-12-7-9(13-10)6-11-5-8(2)3/h7-8,11H,4-6H2,1-3H3. The number of hydrogen-bond acceptors (Lipinski definition) is 3. The van der Waals surface area contributed by atoms with Gasteiger partial charge in [0.15, 0.2) is 0 Å². The van der Waals surface area contributed by atoms with Crippen LogP contribution in [0.15, 0.2) is 6.20 Å². The third kappa shape index (κ3) is 3.87. The van der Waals surface area contributed by atoms with Crippen LogP contribution in [-0.2, 0) is 13.0 Å². The summed E-state index contributed by atoms with van der Waals surface area (Å²) in [7, 11) is 0. The van der Waals surface area contributed by atoms with Crippen LogP contribution in [0.4, 0.5) is 0 Å². The molecule has 0 amide bonds. The van der Waals surface area contributed by atoms with Crippen LogP contribution in [-0.4, -0.2) is 11.5 Å². The average Bonchev–Trinajstić information content (AvgIpc) is 2.52. The third-order valence-corrected chi connectivity index (χ3v) is 2.90. The van der Waals surface area contributed by atoms with Gasteiger partial charge in [-0.25, -0.2) is 4.98 Å². The smallest absolute Gasteiger partial charge is 0.0925 e. The zero-order chi connectivity index (χ0) is 9.68. The Bertz CT molecular complexity index is 243. The molecule has 0 atom stereocenters. The molecular weight excluding hydrogens is 180 g/mol. The lowest BCUT2D eigenvalue weighted by Crippen LogP contribution is -2.18. The van der Waals surface area contributed by atoms with Crippen molar-refractivity contribution >= 4 is 11.3 Å². The van der Waals surface area contributed by atoms with Crippen molar-refractivity contribution in [3.63, 3.8) is 0 Å². The molecule has 0 aliphatic carbocycles. The van der Waals surface area contributed by atoms with E-state index in [1.165, 1.54) is 9.88 Å². The van der Waals surface area contributed by atoms with Crippen LogP contribution in [0, 0.1) is 5.92 Å². The Morgan fingerprint density at radius 1 is 1.54 bits per heavy atom. The van der Waals surface area contributed by atoms with Crippen LogP contribution in [0.2, 0.25) is 0 Å². The number of rotatable bonds is 5. The number of nitrogens with zero attached hydrogens (tertiary/aromatic N) is 1. The second-order valence-corrected chi connectivity index (χ2v) is 4.80. The highest BCUT2D eigenvalue weighted by Crippen LogP contribution is 2.12. The average molecular weight is 198 g/mol. The molecule has 0 saturated carbocycles. The van der Waals surface area contributed by atoms with Gasteiger partial charge in [-0.2, -0.15) is 0 Å². The summed E-state index contributed by atoms with van der Waals surface area (Å²) in [6.07, 6.45) is 3.03. The van der Waals surface area contributed by atoms with Gasteiger partial charge in [0.1, 0.15) is 0 Å². The maximum Gasteiger partial charge on any atom is 0.0925 e. The van der Waals surface area contributed by atoms with E-state index in [9.17, 15) is 0 Å². The second-order valence-electron chi connectivity index (χ2n) is 3.60. The van der Waals surface area contributed by atoms with E-state index >= 15 is 0 Å². The Kier molecular flexibility index (Phi) is 4.39. The molecule has 3 heteroatoms. The molecule has 0 spiro atoms. The summed E-state index contributed by atoms with van der Waals surface area (Å²) in [5, 5.41) is 4.65. The molecular formula is C10H18N2S. The number of aromatic nitrogens is 1. The molecule has 1 rings (SSSR count). The van der Waals surface area contributed by atoms with Gasteiger partial charge in [0, 0.05) is 17.6 Å². The van der Waals surface area contributed by atoms with E-state index in [1.54, 1.807) is 0 Å². The first-order valence-corrected chi connectivity index (χ1v) is 5.68. The van der Waals surface area contributed by atoms with Crippen molar-refractivity contribution in [2.75, 3.05) is 6.54 Å². The van der Waals surface area contributed by atoms with E-state index in [2.05, 4.69) is 31.1 Å². The summed E-state index contributed by atoms with van der Waals surface area (Å²) in [6, 6.07) is 0. The van der Waals surface area contributed by atoms with Crippen LogP contribution in [0.3, 0.4) is 0 Å². The fourth-order valence-electron chi connectivity index (χ4n) is 1.08. The Labute approximate surface area is 84.4 Å². The molecule has 1 aromatic rings. The van der Waals surface area contributed by atoms with E-state index in [0.717, 1.165) is 25.4 Å². The normalized spacial score (nSPS) is 11.1. The predicted molar refractivity (Wildman–Crippen MR) is 58.0 cm³/mol. The Morgan fingerprint density at radius 2 is 2.31 bits per heavy atom. The molecule has 2 nitrogen and oxygen atoms in total. The largest absolute Gasteiger partial charge is 0.312 e. The summed E-state index contributed by atoms with van der Waals surface area (Å²) in [5.41, 5.74) is 0. The molecule has 0 unspecified atom stereocenters. The van der Waals surface area contributed by atoms with Gasteiger partial charge in [-0.3, -0.25) is 0 Å². The summed E-state index contributed by atoms with van der Waals surface area (Å²) in [5.74, 6) is 0.721. The van der Waals surface area contributed by atoms with Crippen molar-refractivity contribution in [2.24, 2.45) is 5.92 Å². The minimum Gasteiger partial charge on any atom is -0.312 e. The minimum absolute atomic E-state index is 0.721. The molecule has 74 valence electrons. The first-order chi connectivity index (χ1) is 6.22. The van der Waals surface area contributed by atoms with Crippen LogP contribution in [0.1, 0.15) is 30.7 Å². The Hall–Kier alpha value is -0.410. The first kappa shape index (κ1) is 10.7. The highest BCUT2D eigenvalue weighted by atomic mass is 32.1. The fraction of sp³-hybridized carbons (Fsp3) is 0.700. The fourth-order valence-corrected chi connectivity index (χ4v) is 1.91. The molecule has 0 aliphatic rings. The lowest BCUT2D eigenvalue weighted by atomic mass is 10.2. The molecule has 1 aromatic heterocycles. The van der Waals surface area contributed by atoms with Gasteiger partial charge in [0.2, 0.25) is 0 Å². The SMILES string of the molecule is CCc1ncc(CNCC(C)C)s1. The number of hydrogen-bond donors (Lipinski definition) is 1. The van der Waals surface area contributed by atoms with Crippen molar-refractivity contribution in [1.29, 1.82) is 0 Å². The van der Waals surface area contributed by atoms with Crippen molar-refractivity contribution in [2.45, 2.75) is 33.7 Å². The van der Waals surface area contributed by atoms with Crippen molar-refractivity contribution in [3.8, 4) is 0 Å². The van der Waals surface area contributed by atoms with Crippen LogP contribution >= 0.6 is 11.3 Å². The Balaban J connectivity index is 2.28. The number of nitrogens with one attached hydrogen (secondary N) is 1. The lowest BCUT2D eigenvalue weighted by molar-refractivity contribution is 0.554. The van der Waals surface area contributed by atoms with Crippen LogP contribution in [0.25, 0.3) is 0 Å². The molecule has 0 fully saturated rings. The predicted octanol–water partition coefficient (Wildman–Crippen LogP) is 2.45. The lowest BCUT2D eigenvalue weighted by Gasteiger charge is -2.04. The molecule has 0 bridgehead atoms. The maximum absolute atomic E-state index is 4.31. The summed E-state index contributed by atoms with van der Waals surface area (Å²) >= 11 is 1.81. The molecule has 0 aliphatic heterocycles. The van der Waals surface area contributed by atoms with Crippen molar-refractivity contribution in [3.05, 3.63) is 16.1 Å². The summed E-state index contributed by atoms with van der Waals surface area (Å²) in [6.45, 7) is 8.63. The topological polar surface area (TPSA) is 24.9 Å². The van der Waals surface area contributed by atoms with Gasteiger partial charge in [-0.1, -0.05) is 20.8 Å². The molecule has 0 saturated heterocycles. The maximum atomic E-state index is 4.31. The molecule has 1 heterocycles. The summed E-state index contributed by atoms with van der Waals surface area (Å²) < 4.78 is 0. The van der Waals surface area contributed by atoms with E-state index < -0.39 is 0 Å². The minimum atomic E-state index is 0.721. The third-order valence-electron chi connectivity index (χ3n) is 1.76. The monoisotopic (exact) mass is 198 g/mol. The van der Waals surface area contributed by atoms with Gasteiger partial charge in [0.05, 0.1) is 5.01 Å².